The molecule has 0 saturated carbocycles. The Hall–Kier alpha value is -2.68. The number of halogens is 2. The monoisotopic (exact) mass is 450 g/mol. The van der Waals surface area contributed by atoms with Crippen LogP contribution in [0.15, 0.2) is 60.0 Å². The maximum Gasteiger partial charge on any atom is 0.273 e. The fourth-order valence-corrected chi connectivity index (χ4v) is 3.48. The summed E-state index contributed by atoms with van der Waals surface area (Å²) >= 11 is 13.1. The summed E-state index contributed by atoms with van der Waals surface area (Å²) in [5.74, 6) is -0.529. The summed E-state index contributed by atoms with van der Waals surface area (Å²) in [6.07, 6.45) is 3.43. The molecule has 29 heavy (non-hydrogen) atoms. The molecule has 10 heteroatoms. The molecule has 1 aromatic heterocycles. The molecule has 2 amide bonds. The van der Waals surface area contributed by atoms with Gasteiger partial charge in [-0.05, 0) is 42.5 Å². The molecule has 3 aromatic rings. The van der Waals surface area contributed by atoms with E-state index in [1.165, 1.54) is 24.9 Å². The summed E-state index contributed by atoms with van der Waals surface area (Å²) in [7, 11) is 1.44. The first-order valence-corrected chi connectivity index (χ1v) is 10.1. The second kappa shape index (κ2) is 9.69. The highest BCUT2D eigenvalue weighted by Crippen LogP contribution is 2.23. The van der Waals surface area contributed by atoms with E-state index in [9.17, 15) is 9.59 Å². The van der Waals surface area contributed by atoms with Gasteiger partial charge in [-0.2, -0.15) is 0 Å². The Kier molecular flexibility index (Phi) is 7.03. The van der Waals surface area contributed by atoms with Crippen molar-refractivity contribution < 1.29 is 14.3 Å². The Morgan fingerprint density at radius 3 is 2.55 bits per heavy atom. The zero-order chi connectivity index (χ0) is 20.8. The third-order valence-electron chi connectivity index (χ3n) is 3.77. The highest BCUT2D eigenvalue weighted by molar-refractivity contribution is 7.99. The molecule has 0 unspecified atom stereocenters. The molecule has 0 saturated heterocycles. The molecule has 0 aliphatic heterocycles. The van der Waals surface area contributed by atoms with Crippen molar-refractivity contribution in [1.29, 1.82) is 0 Å². The Labute approximate surface area is 181 Å². The number of aromatic nitrogens is 2. The Morgan fingerprint density at radius 1 is 1.10 bits per heavy atom. The number of imidazole rings is 1. The molecular formula is C19H16Cl2N4O3S. The second-order valence-corrected chi connectivity index (χ2v) is 7.51. The molecule has 0 atom stereocenters. The predicted molar refractivity (Wildman–Crippen MR) is 113 cm³/mol. The van der Waals surface area contributed by atoms with Crippen molar-refractivity contribution in [2.24, 2.45) is 0 Å². The number of amides is 2. The quantitative estimate of drug-likeness (QED) is 0.441. The number of carbonyl (C=O) groups excluding carboxylic acids is 2. The first kappa shape index (κ1) is 21.0. The summed E-state index contributed by atoms with van der Waals surface area (Å²) in [5.41, 5.74) is 5.80. The number of methoxy groups -OCH3 is 1. The molecular weight excluding hydrogens is 435 g/mol. The van der Waals surface area contributed by atoms with Crippen LogP contribution in [0.3, 0.4) is 0 Å². The van der Waals surface area contributed by atoms with Crippen LogP contribution >= 0.6 is 35.0 Å². The fourth-order valence-electron chi connectivity index (χ4n) is 2.41. The number of ether oxygens (including phenoxy) is 1. The molecule has 2 aromatic carbocycles. The number of benzene rings is 2. The topological polar surface area (TPSA) is 85.2 Å². The lowest BCUT2D eigenvalue weighted by molar-refractivity contribution is -0.119. The number of carbonyl (C=O) groups is 2. The molecule has 2 N–H and O–H groups in total. The summed E-state index contributed by atoms with van der Waals surface area (Å²) < 4.78 is 6.97. The van der Waals surface area contributed by atoms with Crippen LogP contribution in [0.4, 0.5) is 0 Å². The van der Waals surface area contributed by atoms with Gasteiger partial charge in [0.25, 0.3) is 5.91 Å². The third kappa shape index (κ3) is 5.44. The minimum Gasteiger partial charge on any atom is -0.496 e. The first-order valence-electron chi connectivity index (χ1n) is 8.32. The SMILES string of the molecule is COc1ccc(Cl)cc1C(=O)NNC(=O)CSc1nccn1-c1ccc(Cl)cc1. The van der Waals surface area contributed by atoms with Crippen molar-refractivity contribution in [3.63, 3.8) is 0 Å². The highest BCUT2D eigenvalue weighted by atomic mass is 35.5. The number of nitrogens with one attached hydrogen (secondary N) is 2. The number of hydrogen-bond donors (Lipinski definition) is 2. The van der Waals surface area contributed by atoms with E-state index in [4.69, 9.17) is 27.9 Å². The number of hydrazine groups is 1. The van der Waals surface area contributed by atoms with E-state index in [1.807, 2.05) is 16.7 Å². The van der Waals surface area contributed by atoms with Crippen LogP contribution < -0.4 is 15.6 Å². The van der Waals surface area contributed by atoms with Crippen LogP contribution in [0.5, 0.6) is 5.75 Å². The molecule has 0 fully saturated rings. The average Bonchev–Trinajstić information content (AvgIpc) is 3.19. The zero-order valence-electron chi connectivity index (χ0n) is 15.2. The molecule has 0 aliphatic rings. The fraction of sp³-hybridized carbons (Fsp3) is 0.105. The Morgan fingerprint density at radius 2 is 1.83 bits per heavy atom. The Balaban J connectivity index is 1.56. The molecule has 1 heterocycles. The molecule has 0 radical (unpaired) electrons. The van der Waals surface area contributed by atoms with Crippen molar-refractivity contribution in [3.05, 3.63) is 70.5 Å². The summed E-state index contributed by atoms with van der Waals surface area (Å²) in [6.45, 7) is 0. The molecule has 0 aliphatic carbocycles. The molecule has 3 rings (SSSR count). The van der Waals surface area contributed by atoms with Crippen LogP contribution in [-0.4, -0.2) is 34.2 Å². The summed E-state index contributed by atoms with van der Waals surface area (Å²) in [4.78, 5) is 28.7. The van der Waals surface area contributed by atoms with Crippen LogP contribution in [-0.2, 0) is 4.79 Å². The zero-order valence-corrected chi connectivity index (χ0v) is 17.5. The van der Waals surface area contributed by atoms with Crippen molar-refractivity contribution in [1.82, 2.24) is 20.4 Å². The van der Waals surface area contributed by atoms with Gasteiger partial charge < -0.3 is 4.74 Å². The van der Waals surface area contributed by atoms with Crippen LogP contribution in [0, 0.1) is 0 Å². The van der Waals surface area contributed by atoms with Gasteiger partial charge in [0.1, 0.15) is 5.75 Å². The van der Waals surface area contributed by atoms with Crippen LogP contribution in [0.2, 0.25) is 10.0 Å². The number of thioether (sulfide) groups is 1. The van der Waals surface area contributed by atoms with E-state index in [1.54, 1.807) is 36.7 Å². The molecule has 150 valence electrons. The number of nitrogens with zero attached hydrogens (tertiary/aromatic N) is 2. The largest absolute Gasteiger partial charge is 0.496 e. The van der Waals surface area contributed by atoms with Gasteiger partial charge >= 0.3 is 0 Å². The van der Waals surface area contributed by atoms with E-state index in [-0.39, 0.29) is 11.3 Å². The van der Waals surface area contributed by atoms with Gasteiger partial charge in [0.2, 0.25) is 5.91 Å². The minimum absolute atomic E-state index is 0.0531. The molecule has 0 bridgehead atoms. The molecule has 0 spiro atoms. The maximum absolute atomic E-state index is 12.3. The minimum atomic E-state index is -0.537. The lowest BCUT2D eigenvalue weighted by atomic mass is 10.2. The number of hydrogen-bond acceptors (Lipinski definition) is 5. The van der Waals surface area contributed by atoms with E-state index >= 15 is 0 Å². The lowest BCUT2D eigenvalue weighted by Crippen LogP contribution is -2.42. The smallest absolute Gasteiger partial charge is 0.273 e. The number of rotatable bonds is 6. The highest BCUT2D eigenvalue weighted by Gasteiger charge is 2.14. The van der Waals surface area contributed by atoms with Gasteiger partial charge in [-0.3, -0.25) is 25.0 Å². The van der Waals surface area contributed by atoms with Crippen molar-refractivity contribution in [2.75, 3.05) is 12.9 Å². The van der Waals surface area contributed by atoms with E-state index < -0.39 is 11.8 Å². The van der Waals surface area contributed by atoms with Crippen molar-refractivity contribution in [3.8, 4) is 11.4 Å². The van der Waals surface area contributed by atoms with Crippen LogP contribution in [0.25, 0.3) is 5.69 Å². The maximum atomic E-state index is 12.3. The van der Waals surface area contributed by atoms with Gasteiger partial charge in [-0.15, -0.1) is 0 Å². The Bertz CT molecular complexity index is 1020. The van der Waals surface area contributed by atoms with Crippen molar-refractivity contribution >= 4 is 46.8 Å². The van der Waals surface area contributed by atoms with Crippen molar-refractivity contribution in [2.45, 2.75) is 5.16 Å². The lowest BCUT2D eigenvalue weighted by Gasteiger charge is -2.11. The van der Waals surface area contributed by atoms with Crippen LogP contribution in [0.1, 0.15) is 10.4 Å². The predicted octanol–water partition coefficient (Wildman–Crippen LogP) is 3.74. The molecule has 7 nitrogen and oxygen atoms in total. The van der Waals surface area contributed by atoms with E-state index in [2.05, 4.69) is 15.8 Å². The first-order chi connectivity index (χ1) is 14.0. The third-order valence-corrected chi connectivity index (χ3v) is 5.22. The second-order valence-electron chi connectivity index (χ2n) is 5.69. The van der Waals surface area contributed by atoms with E-state index in [0.717, 1.165) is 5.69 Å². The summed E-state index contributed by atoms with van der Waals surface area (Å²) in [5, 5.41) is 1.65. The van der Waals surface area contributed by atoms with Gasteiger partial charge in [-0.25, -0.2) is 4.98 Å². The van der Waals surface area contributed by atoms with E-state index in [0.29, 0.717) is 21.0 Å². The standard InChI is InChI=1S/C19H16Cl2N4O3S/c1-28-16-7-4-13(21)10-15(16)18(27)24-23-17(26)11-29-19-22-8-9-25(19)14-5-2-12(20)3-6-14/h2-10H,11H2,1H3,(H,23,26)(H,24,27). The van der Waals surface area contributed by atoms with Gasteiger partial charge in [0.15, 0.2) is 5.16 Å². The average molecular weight is 451 g/mol. The van der Waals surface area contributed by atoms with Gasteiger partial charge in [-0.1, -0.05) is 35.0 Å². The summed E-state index contributed by atoms with van der Waals surface area (Å²) in [6, 6.07) is 11.9. The van der Waals surface area contributed by atoms with Gasteiger partial charge in [0, 0.05) is 28.1 Å². The normalized spacial score (nSPS) is 10.4. The van der Waals surface area contributed by atoms with Gasteiger partial charge in [0.05, 0.1) is 18.4 Å².